The lowest BCUT2D eigenvalue weighted by Gasteiger charge is -2.33. The van der Waals surface area contributed by atoms with E-state index in [0.717, 1.165) is 49.1 Å². The Morgan fingerprint density at radius 3 is 2.85 bits per heavy atom. The molecular formula is C21H26N2O3. The molecule has 5 nitrogen and oxygen atoms in total. The zero-order valence-electron chi connectivity index (χ0n) is 15.0. The number of ether oxygens (including phenoxy) is 1. The first-order valence-electron chi connectivity index (χ1n) is 9.24. The molecular weight excluding hydrogens is 328 g/mol. The summed E-state index contributed by atoms with van der Waals surface area (Å²) in [6, 6.07) is 9.89. The van der Waals surface area contributed by atoms with E-state index in [2.05, 4.69) is 16.5 Å². The third-order valence-corrected chi connectivity index (χ3v) is 4.99. The van der Waals surface area contributed by atoms with Gasteiger partial charge in [0.15, 0.2) is 0 Å². The molecule has 0 bridgehead atoms. The average Bonchev–Trinajstić information content (AvgIpc) is 2.67. The van der Waals surface area contributed by atoms with E-state index >= 15 is 0 Å². The minimum Gasteiger partial charge on any atom is -0.488 e. The highest BCUT2D eigenvalue weighted by Gasteiger charge is 2.26. The fourth-order valence-electron chi connectivity index (χ4n) is 3.49. The molecule has 1 aromatic heterocycles. The second-order valence-electron chi connectivity index (χ2n) is 6.85. The van der Waals surface area contributed by atoms with Gasteiger partial charge >= 0.3 is 5.97 Å². The normalized spacial score (nSPS) is 17.1. The summed E-state index contributed by atoms with van der Waals surface area (Å²) in [5.41, 5.74) is 0.926. The number of fused-ring (bicyclic) bond motifs is 1. The maximum absolute atomic E-state index is 11.1. The molecule has 0 spiro atoms. The number of aromatic nitrogens is 1. The lowest BCUT2D eigenvalue weighted by molar-refractivity contribution is -0.143. The molecule has 138 valence electrons. The third kappa shape index (κ3) is 4.61. The van der Waals surface area contributed by atoms with Gasteiger partial charge in [-0.1, -0.05) is 18.2 Å². The number of carbonyl (C=O) groups is 1. The molecule has 0 radical (unpaired) electrons. The highest BCUT2D eigenvalue weighted by molar-refractivity contribution is 5.84. The van der Waals surface area contributed by atoms with E-state index in [0.29, 0.717) is 12.8 Å². The van der Waals surface area contributed by atoms with Gasteiger partial charge in [0.25, 0.3) is 0 Å². The van der Waals surface area contributed by atoms with E-state index in [1.54, 1.807) is 6.20 Å². The molecule has 1 N–H and O–H groups in total. The smallest absolute Gasteiger partial charge is 0.306 e. The number of pyridine rings is 1. The number of likely N-dealkylation sites (tertiary alicyclic amines) is 1. The molecule has 2 aromatic rings. The van der Waals surface area contributed by atoms with Crippen LogP contribution in [0.5, 0.6) is 5.75 Å². The van der Waals surface area contributed by atoms with Gasteiger partial charge in [-0.2, -0.15) is 0 Å². The molecule has 5 heteroatoms. The van der Waals surface area contributed by atoms with Gasteiger partial charge < -0.3 is 9.84 Å². The van der Waals surface area contributed by atoms with Crippen LogP contribution in [-0.2, 0) is 4.79 Å². The molecule has 1 saturated heterocycles. The first-order chi connectivity index (χ1) is 12.7. The van der Waals surface area contributed by atoms with Crippen LogP contribution in [0.1, 0.15) is 25.7 Å². The van der Waals surface area contributed by atoms with Crippen molar-refractivity contribution >= 4 is 16.9 Å². The minimum atomic E-state index is -0.674. The number of para-hydroxylation sites is 1. The molecule has 0 unspecified atom stereocenters. The lowest BCUT2D eigenvalue weighted by atomic mass is 9.97. The van der Waals surface area contributed by atoms with Crippen LogP contribution in [-0.4, -0.2) is 46.7 Å². The number of hydrogen-bond acceptors (Lipinski definition) is 4. The number of nitrogens with zero attached hydrogens (tertiary/aromatic N) is 2. The van der Waals surface area contributed by atoms with Crippen molar-refractivity contribution in [2.45, 2.75) is 31.8 Å². The predicted octanol–water partition coefficient (Wildman–Crippen LogP) is 3.75. The number of benzene rings is 1. The Kier molecular flexibility index (Phi) is 6.23. The first-order valence-corrected chi connectivity index (χ1v) is 9.24. The van der Waals surface area contributed by atoms with Crippen molar-refractivity contribution in [1.82, 2.24) is 9.88 Å². The van der Waals surface area contributed by atoms with E-state index < -0.39 is 5.97 Å². The molecule has 0 aliphatic carbocycles. The molecule has 1 fully saturated rings. The first kappa shape index (κ1) is 18.4. The van der Waals surface area contributed by atoms with Gasteiger partial charge in [0, 0.05) is 18.1 Å². The SMILES string of the molecule is C=CCC[C@H](CN1CCC(C(=O)O)CC1)Oc1ccnc2ccccc12. The molecule has 1 aliphatic heterocycles. The van der Waals surface area contributed by atoms with Gasteiger partial charge in [-0.05, 0) is 57.0 Å². The summed E-state index contributed by atoms with van der Waals surface area (Å²) < 4.78 is 6.36. The van der Waals surface area contributed by atoms with Crippen LogP contribution in [0.2, 0.25) is 0 Å². The van der Waals surface area contributed by atoms with Crippen molar-refractivity contribution in [3.63, 3.8) is 0 Å². The largest absolute Gasteiger partial charge is 0.488 e. The number of carboxylic acids is 1. The fourth-order valence-corrected chi connectivity index (χ4v) is 3.49. The van der Waals surface area contributed by atoms with Crippen molar-refractivity contribution in [1.29, 1.82) is 0 Å². The molecule has 1 aromatic carbocycles. The van der Waals surface area contributed by atoms with Gasteiger partial charge in [0.2, 0.25) is 0 Å². The Morgan fingerprint density at radius 2 is 2.12 bits per heavy atom. The van der Waals surface area contributed by atoms with E-state index in [9.17, 15) is 4.79 Å². The molecule has 0 amide bonds. The van der Waals surface area contributed by atoms with Crippen molar-refractivity contribution in [3.8, 4) is 5.75 Å². The maximum atomic E-state index is 11.1. The zero-order chi connectivity index (χ0) is 18.4. The number of carboxylic acid groups (broad SMARTS) is 1. The second kappa shape index (κ2) is 8.81. The average molecular weight is 354 g/mol. The summed E-state index contributed by atoms with van der Waals surface area (Å²) in [6.45, 7) is 6.24. The van der Waals surface area contributed by atoms with E-state index in [1.807, 2.05) is 36.4 Å². The molecule has 0 saturated carbocycles. The summed E-state index contributed by atoms with van der Waals surface area (Å²) in [5.74, 6) is -0.0274. The second-order valence-corrected chi connectivity index (χ2v) is 6.85. The van der Waals surface area contributed by atoms with Gasteiger partial charge in [-0.25, -0.2) is 0 Å². The van der Waals surface area contributed by atoms with E-state index in [-0.39, 0.29) is 12.0 Å². The van der Waals surface area contributed by atoms with Gasteiger partial charge in [0.05, 0.1) is 11.4 Å². The quantitative estimate of drug-likeness (QED) is 0.732. The molecule has 3 rings (SSSR count). The van der Waals surface area contributed by atoms with Crippen LogP contribution >= 0.6 is 0 Å². The minimum absolute atomic E-state index is 0.0418. The number of piperidine rings is 1. The summed E-state index contributed by atoms with van der Waals surface area (Å²) in [7, 11) is 0. The Hall–Kier alpha value is -2.40. The Morgan fingerprint density at radius 1 is 1.35 bits per heavy atom. The number of allylic oxidation sites excluding steroid dienone is 1. The predicted molar refractivity (Wildman–Crippen MR) is 102 cm³/mol. The van der Waals surface area contributed by atoms with Gasteiger partial charge in [-0.15, -0.1) is 6.58 Å². The summed E-state index contributed by atoms with van der Waals surface area (Å²) in [6.07, 6.45) is 6.93. The van der Waals surface area contributed by atoms with Crippen LogP contribution in [0.15, 0.2) is 49.2 Å². The summed E-state index contributed by atoms with van der Waals surface area (Å²) in [4.78, 5) is 17.8. The van der Waals surface area contributed by atoms with Crippen molar-refractivity contribution in [3.05, 3.63) is 49.2 Å². The van der Waals surface area contributed by atoms with Crippen molar-refractivity contribution < 1.29 is 14.6 Å². The van der Waals surface area contributed by atoms with Crippen LogP contribution in [0.4, 0.5) is 0 Å². The van der Waals surface area contributed by atoms with Crippen LogP contribution < -0.4 is 4.74 Å². The molecule has 26 heavy (non-hydrogen) atoms. The monoisotopic (exact) mass is 354 g/mol. The zero-order valence-corrected chi connectivity index (χ0v) is 15.0. The van der Waals surface area contributed by atoms with Gasteiger partial charge in [-0.3, -0.25) is 14.7 Å². The maximum Gasteiger partial charge on any atom is 0.306 e. The standard InChI is InChI=1S/C21H26N2O3/c1-2-3-6-17(15-23-13-10-16(11-14-23)21(24)25)26-20-9-12-22-19-8-5-4-7-18(19)20/h2,4-5,7-9,12,16-17H,1,3,6,10-11,13-15H2,(H,24,25)/t17-/m1/s1. The number of rotatable bonds is 8. The van der Waals surface area contributed by atoms with Crippen LogP contribution in [0.25, 0.3) is 10.9 Å². The summed E-state index contributed by atoms with van der Waals surface area (Å²) >= 11 is 0. The summed E-state index contributed by atoms with van der Waals surface area (Å²) in [5, 5.41) is 10.2. The Balaban J connectivity index is 1.68. The Bertz CT molecular complexity index is 749. The topological polar surface area (TPSA) is 62.7 Å². The number of hydrogen-bond donors (Lipinski definition) is 1. The van der Waals surface area contributed by atoms with Crippen LogP contribution in [0, 0.1) is 5.92 Å². The lowest BCUT2D eigenvalue weighted by Crippen LogP contribution is -2.42. The van der Waals surface area contributed by atoms with E-state index in [4.69, 9.17) is 9.84 Å². The van der Waals surface area contributed by atoms with Gasteiger partial charge in [0.1, 0.15) is 11.9 Å². The third-order valence-electron chi connectivity index (χ3n) is 4.99. The highest BCUT2D eigenvalue weighted by Crippen LogP contribution is 2.26. The number of aliphatic carboxylic acids is 1. The molecule has 2 heterocycles. The van der Waals surface area contributed by atoms with Crippen LogP contribution in [0.3, 0.4) is 0 Å². The van der Waals surface area contributed by atoms with Crippen molar-refractivity contribution in [2.24, 2.45) is 5.92 Å². The highest BCUT2D eigenvalue weighted by atomic mass is 16.5. The fraction of sp³-hybridized carbons (Fsp3) is 0.429. The van der Waals surface area contributed by atoms with E-state index in [1.165, 1.54) is 0 Å². The molecule has 1 aliphatic rings. The molecule has 1 atom stereocenters. The van der Waals surface area contributed by atoms with Crippen molar-refractivity contribution in [2.75, 3.05) is 19.6 Å². The Labute approximate surface area is 154 Å².